The lowest BCUT2D eigenvalue weighted by Crippen LogP contribution is -2.48. The summed E-state index contributed by atoms with van der Waals surface area (Å²) in [6.45, 7) is 11.6. The number of sulfone groups is 1. The van der Waals surface area contributed by atoms with Gasteiger partial charge in [-0.05, 0) is 43.6 Å². The second kappa shape index (κ2) is 6.57. The van der Waals surface area contributed by atoms with Gasteiger partial charge in [-0.1, -0.05) is 34.6 Å². The van der Waals surface area contributed by atoms with Gasteiger partial charge in [-0.3, -0.25) is 0 Å². The van der Waals surface area contributed by atoms with Crippen LogP contribution in [0.15, 0.2) is 0 Å². The smallest absolute Gasteiger partial charge is 0.154 e. The molecule has 114 valence electrons. The second-order valence-corrected chi connectivity index (χ2v) is 9.39. The highest BCUT2D eigenvalue weighted by Crippen LogP contribution is 2.41. The first-order valence-electron chi connectivity index (χ1n) is 7.65. The zero-order chi connectivity index (χ0) is 14.7. The van der Waals surface area contributed by atoms with Gasteiger partial charge in [-0.2, -0.15) is 0 Å². The molecule has 19 heavy (non-hydrogen) atoms. The first-order chi connectivity index (χ1) is 8.70. The van der Waals surface area contributed by atoms with Crippen LogP contribution in [-0.4, -0.2) is 32.0 Å². The third-order valence-electron chi connectivity index (χ3n) is 4.34. The van der Waals surface area contributed by atoms with E-state index in [0.29, 0.717) is 11.7 Å². The molecule has 2 unspecified atom stereocenters. The van der Waals surface area contributed by atoms with Crippen molar-refractivity contribution < 1.29 is 8.42 Å². The van der Waals surface area contributed by atoms with Gasteiger partial charge in [-0.15, -0.1) is 0 Å². The van der Waals surface area contributed by atoms with Gasteiger partial charge in [0.1, 0.15) is 0 Å². The van der Waals surface area contributed by atoms with E-state index in [0.717, 1.165) is 32.2 Å². The summed E-state index contributed by atoms with van der Waals surface area (Å²) in [7, 11) is -2.97. The van der Waals surface area contributed by atoms with Crippen LogP contribution in [0, 0.1) is 11.3 Å². The molecule has 0 aromatic rings. The third kappa shape index (κ3) is 4.45. The second-order valence-electron chi connectivity index (χ2n) is 7.05. The van der Waals surface area contributed by atoms with E-state index in [4.69, 9.17) is 0 Å². The molecular weight excluding hydrogens is 258 g/mol. The Morgan fingerprint density at radius 3 is 2.47 bits per heavy atom. The Balaban J connectivity index is 2.79. The molecule has 0 spiro atoms. The summed E-state index contributed by atoms with van der Waals surface area (Å²) in [5.74, 6) is 0.793. The first-order valence-corrected chi connectivity index (χ1v) is 9.37. The van der Waals surface area contributed by atoms with E-state index in [1.54, 1.807) is 0 Å². The lowest BCUT2D eigenvalue weighted by molar-refractivity contribution is 0.285. The predicted octanol–water partition coefficient (Wildman–Crippen LogP) is 3.00. The van der Waals surface area contributed by atoms with E-state index in [9.17, 15) is 8.42 Å². The summed E-state index contributed by atoms with van der Waals surface area (Å²) in [6, 6.07) is 0.115. The fourth-order valence-corrected chi connectivity index (χ4v) is 5.44. The molecule has 1 fully saturated rings. The van der Waals surface area contributed by atoms with Crippen molar-refractivity contribution in [2.24, 2.45) is 11.3 Å². The van der Waals surface area contributed by atoms with Crippen molar-refractivity contribution >= 4 is 9.84 Å². The van der Waals surface area contributed by atoms with Crippen LogP contribution in [0.3, 0.4) is 0 Å². The van der Waals surface area contributed by atoms with Crippen LogP contribution in [0.4, 0.5) is 0 Å². The molecule has 3 nitrogen and oxygen atoms in total. The highest BCUT2D eigenvalue weighted by molar-refractivity contribution is 7.92. The van der Waals surface area contributed by atoms with Crippen molar-refractivity contribution in [1.29, 1.82) is 0 Å². The van der Waals surface area contributed by atoms with Crippen LogP contribution < -0.4 is 5.32 Å². The largest absolute Gasteiger partial charge is 0.312 e. The Bertz CT molecular complexity index is 374. The summed E-state index contributed by atoms with van der Waals surface area (Å²) < 4.78 is 25.1. The molecule has 1 N–H and O–H groups in total. The zero-order valence-corrected chi connectivity index (χ0v) is 14.0. The van der Waals surface area contributed by atoms with Crippen molar-refractivity contribution in [2.75, 3.05) is 12.3 Å². The Hall–Kier alpha value is -0.0900. The topological polar surface area (TPSA) is 46.2 Å². The van der Waals surface area contributed by atoms with Crippen molar-refractivity contribution in [2.45, 2.75) is 71.6 Å². The highest BCUT2D eigenvalue weighted by Gasteiger charge is 2.47. The summed E-state index contributed by atoms with van der Waals surface area (Å²) in [6.07, 6.45) is 3.64. The molecule has 1 aliphatic carbocycles. The van der Waals surface area contributed by atoms with Crippen molar-refractivity contribution in [1.82, 2.24) is 5.32 Å². The van der Waals surface area contributed by atoms with Crippen LogP contribution in [-0.2, 0) is 9.84 Å². The minimum absolute atomic E-state index is 0.0880. The van der Waals surface area contributed by atoms with E-state index in [2.05, 4.69) is 39.9 Å². The number of hydrogen-bond donors (Lipinski definition) is 1. The number of rotatable bonds is 7. The van der Waals surface area contributed by atoms with Gasteiger partial charge in [0.05, 0.1) is 11.0 Å². The minimum Gasteiger partial charge on any atom is -0.312 e. The van der Waals surface area contributed by atoms with E-state index in [1.165, 1.54) is 0 Å². The first kappa shape index (κ1) is 17.0. The summed E-state index contributed by atoms with van der Waals surface area (Å²) in [5.41, 5.74) is 0.0880. The van der Waals surface area contributed by atoms with Gasteiger partial charge in [0.25, 0.3) is 0 Å². The average molecular weight is 289 g/mol. The van der Waals surface area contributed by atoms with Gasteiger partial charge in [0, 0.05) is 6.04 Å². The van der Waals surface area contributed by atoms with Crippen LogP contribution in [0.1, 0.15) is 60.3 Å². The predicted molar refractivity (Wildman–Crippen MR) is 82.1 cm³/mol. The van der Waals surface area contributed by atoms with Crippen LogP contribution in [0.5, 0.6) is 0 Å². The number of nitrogens with one attached hydrogen (secondary N) is 1. The molecule has 0 saturated heterocycles. The molecule has 1 saturated carbocycles. The van der Waals surface area contributed by atoms with Crippen molar-refractivity contribution in [3.05, 3.63) is 0 Å². The normalized spacial score (nSPS) is 27.1. The fraction of sp³-hybridized carbons (Fsp3) is 1.00. The average Bonchev–Trinajstić information content (AvgIpc) is 2.60. The monoisotopic (exact) mass is 289 g/mol. The van der Waals surface area contributed by atoms with Crippen molar-refractivity contribution in [3.8, 4) is 0 Å². The molecule has 0 aromatic heterocycles. The third-order valence-corrected chi connectivity index (χ3v) is 6.58. The SMILES string of the molecule is CCCNC1C(S(=O)(=O)CCC(C)C)CCC1(C)C. The molecule has 0 heterocycles. The van der Waals surface area contributed by atoms with E-state index >= 15 is 0 Å². The molecule has 4 heteroatoms. The van der Waals surface area contributed by atoms with Gasteiger partial charge < -0.3 is 5.32 Å². The Morgan fingerprint density at radius 2 is 1.95 bits per heavy atom. The minimum atomic E-state index is -2.97. The highest BCUT2D eigenvalue weighted by atomic mass is 32.2. The maximum atomic E-state index is 12.6. The van der Waals surface area contributed by atoms with Gasteiger partial charge in [0.2, 0.25) is 0 Å². The lowest BCUT2D eigenvalue weighted by Gasteiger charge is -2.31. The summed E-state index contributed by atoms with van der Waals surface area (Å²) in [4.78, 5) is 0. The Morgan fingerprint density at radius 1 is 1.32 bits per heavy atom. The summed E-state index contributed by atoms with van der Waals surface area (Å²) >= 11 is 0. The molecular formula is C15H31NO2S. The molecule has 0 bridgehead atoms. The Labute approximate surface area is 119 Å². The van der Waals surface area contributed by atoms with Crippen LogP contribution in [0.25, 0.3) is 0 Å². The molecule has 1 rings (SSSR count). The summed E-state index contributed by atoms with van der Waals surface area (Å²) in [5, 5.41) is 3.30. The maximum Gasteiger partial charge on any atom is 0.154 e. The van der Waals surface area contributed by atoms with Gasteiger partial charge in [0.15, 0.2) is 9.84 Å². The molecule has 1 aliphatic rings. The standard InChI is InChI=1S/C15H31NO2S/c1-6-10-16-14-13(7-9-15(14,4)5)19(17,18)11-8-12(2)3/h12-14,16H,6-11H2,1-5H3. The van der Waals surface area contributed by atoms with Gasteiger partial charge in [-0.25, -0.2) is 8.42 Å². The molecule has 0 aliphatic heterocycles. The fourth-order valence-electron chi connectivity index (χ4n) is 2.99. The van der Waals surface area contributed by atoms with E-state index in [-0.39, 0.29) is 16.7 Å². The lowest BCUT2D eigenvalue weighted by atomic mass is 9.87. The van der Waals surface area contributed by atoms with E-state index < -0.39 is 9.84 Å². The van der Waals surface area contributed by atoms with Gasteiger partial charge >= 0.3 is 0 Å². The Kier molecular flexibility index (Phi) is 5.87. The number of hydrogen-bond acceptors (Lipinski definition) is 3. The van der Waals surface area contributed by atoms with Crippen LogP contribution in [0.2, 0.25) is 0 Å². The molecule has 0 aromatic carbocycles. The molecule has 2 atom stereocenters. The zero-order valence-electron chi connectivity index (χ0n) is 13.2. The maximum absolute atomic E-state index is 12.6. The quantitative estimate of drug-likeness (QED) is 0.783. The van der Waals surface area contributed by atoms with E-state index in [1.807, 2.05) is 0 Å². The molecule has 0 amide bonds. The molecule has 0 radical (unpaired) electrons. The van der Waals surface area contributed by atoms with Crippen molar-refractivity contribution in [3.63, 3.8) is 0 Å². The van der Waals surface area contributed by atoms with Crippen LogP contribution >= 0.6 is 0 Å².